The first-order valence-electron chi connectivity index (χ1n) is 5.42. The van der Waals surface area contributed by atoms with Gasteiger partial charge in [-0.15, -0.1) is 0 Å². The van der Waals surface area contributed by atoms with Gasteiger partial charge < -0.3 is 10.2 Å². The average Bonchev–Trinajstić information content (AvgIpc) is 2.61. The Hall–Kier alpha value is -1.51. The van der Waals surface area contributed by atoms with E-state index in [1.807, 2.05) is 12.1 Å². The number of aromatic nitrogens is 1. The average molecular weight is 204 g/mol. The zero-order valence-corrected chi connectivity index (χ0v) is 9.21. The number of aryl methyl sites for hydroxylation is 2. The molecule has 0 aliphatic heterocycles. The summed E-state index contributed by atoms with van der Waals surface area (Å²) in [4.78, 5) is 4.43. The second kappa shape index (κ2) is 3.93. The van der Waals surface area contributed by atoms with E-state index in [2.05, 4.69) is 18.8 Å². The SMILES string of the molecule is CCCc1nc2cc(CC)cc(N)c2o1. The van der Waals surface area contributed by atoms with Crippen LogP contribution in [0.4, 0.5) is 5.69 Å². The van der Waals surface area contributed by atoms with Crippen LogP contribution in [0.3, 0.4) is 0 Å². The molecule has 0 unspecified atom stereocenters. The van der Waals surface area contributed by atoms with Gasteiger partial charge in [0.05, 0.1) is 5.69 Å². The van der Waals surface area contributed by atoms with Gasteiger partial charge in [0.15, 0.2) is 11.5 Å². The Bertz CT molecular complexity index is 474. The maximum absolute atomic E-state index is 5.91. The van der Waals surface area contributed by atoms with Crippen molar-refractivity contribution in [3.05, 3.63) is 23.6 Å². The molecule has 0 spiro atoms. The van der Waals surface area contributed by atoms with Crippen LogP contribution in [0.15, 0.2) is 16.5 Å². The molecule has 0 saturated heterocycles. The fourth-order valence-corrected chi connectivity index (χ4v) is 1.69. The van der Waals surface area contributed by atoms with Crippen LogP contribution in [0.2, 0.25) is 0 Å². The summed E-state index contributed by atoms with van der Waals surface area (Å²) in [6.07, 6.45) is 2.87. The lowest BCUT2D eigenvalue weighted by Crippen LogP contribution is -1.88. The zero-order chi connectivity index (χ0) is 10.8. The van der Waals surface area contributed by atoms with Crippen molar-refractivity contribution in [2.45, 2.75) is 33.1 Å². The predicted molar refractivity (Wildman–Crippen MR) is 61.8 cm³/mol. The predicted octanol–water partition coefficient (Wildman–Crippen LogP) is 2.92. The van der Waals surface area contributed by atoms with Crippen molar-refractivity contribution in [2.75, 3.05) is 5.73 Å². The molecule has 3 nitrogen and oxygen atoms in total. The Morgan fingerprint density at radius 1 is 1.33 bits per heavy atom. The summed E-state index contributed by atoms with van der Waals surface area (Å²) < 4.78 is 5.60. The highest BCUT2D eigenvalue weighted by Crippen LogP contribution is 2.24. The number of rotatable bonds is 3. The maximum atomic E-state index is 5.91. The van der Waals surface area contributed by atoms with Crippen molar-refractivity contribution in [1.82, 2.24) is 4.98 Å². The molecule has 0 radical (unpaired) electrons. The van der Waals surface area contributed by atoms with Gasteiger partial charge in [0.1, 0.15) is 5.52 Å². The molecule has 15 heavy (non-hydrogen) atoms. The van der Waals surface area contributed by atoms with Gasteiger partial charge in [0.25, 0.3) is 0 Å². The second-order valence-electron chi connectivity index (χ2n) is 3.74. The highest BCUT2D eigenvalue weighted by Gasteiger charge is 2.08. The molecule has 80 valence electrons. The molecule has 0 saturated carbocycles. The number of nitrogen functional groups attached to an aromatic ring is 1. The van der Waals surface area contributed by atoms with Gasteiger partial charge in [-0.1, -0.05) is 13.8 Å². The monoisotopic (exact) mass is 204 g/mol. The molecule has 0 bridgehead atoms. The van der Waals surface area contributed by atoms with E-state index in [1.165, 1.54) is 5.56 Å². The van der Waals surface area contributed by atoms with Crippen molar-refractivity contribution >= 4 is 16.8 Å². The van der Waals surface area contributed by atoms with E-state index in [4.69, 9.17) is 10.2 Å². The highest BCUT2D eigenvalue weighted by molar-refractivity contribution is 5.85. The number of anilines is 1. The van der Waals surface area contributed by atoms with E-state index in [-0.39, 0.29) is 0 Å². The van der Waals surface area contributed by atoms with Gasteiger partial charge in [-0.25, -0.2) is 4.98 Å². The number of fused-ring (bicyclic) bond motifs is 1. The van der Waals surface area contributed by atoms with Gasteiger partial charge >= 0.3 is 0 Å². The molecule has 1 aromatic carbocycles. The van der Waals surface area contributed by atoms with Crippen LogP contribution in [0.1, 0.15) is 31.7 Å². The molecule has 0 atom stereocenters. The van der Waals surface area contributed by atoms with Crippen LogP contribution in [0, 0.1) is 0 Å². The zero-order valence-electron chi connectivity index (χ0n) is 9.21. The van der Waals surface area contributed by atoms with E-state index in [1.54, 1.807) is 0 Å². The molecule has 3 heteroatoms. The molecular weight excluding hydrogens is 188 g/mol. The van der Waals surface area contributed by atoms with E-state index in [0.29, 0.717) is 5.69 Å². The Morgan fingerprint density at radius 3 is 2.80 bits per heavy atom. The first-order valence-corrected chi connectivity index (χ1v) is 5.42. The quantitative estimate of drug-likeness (QED) is 0.782. The Balaban J connectivity index is 2.54. The van der Waals surface area contributed by atoms with E-state index < -0.39 is 0 Å². The molecule has 0 amide bonds. The first kappa shape index (κ1) is 10.0. The third-order valence-electron chi connectivity index (χ3n) is 2.49. The summed E-state index contributed by atoms with van der Waals surface area (Å²) in [5.41, 5.74) is 9.42. The van der Waals surface area contributed by atoms with Crippen molar-refractivity contribution in [1.29, 1.82) is 0 Å². The van der Waals surface area contributed by atoms with Crippen LogP contribution in [0.25, 0.3) is 11.1 Å². The summed E-state index contributed by atoms with van der Waals surface area (Å²) in [5.74, 6) is 0.785. The van der Waals surface area contributed by atoms with Crippen LogP contribution in [0.5, 0.6) is 0 Å². The van der Waals surface area contributed by atoms with Gasteiger partial charge in [-0.05, 0) is 30.5 Å². The molecule has 0 aliphatic carbocycles. The highest BCUT2D eigenvalue weighted by atomic mass is 16.3. The van der Waals surface area contributed by atoms with Crippen molar-refractivity contribution in [2.24, 2.45) is 0 Å². The fraction of sp³-hybridized carbons (Fsp3) is 0.417. The minimum atomic E-state index is 0.694. The fourth-order valence-electron chi connectivity index (χ4n) is 1.69. The molecule has 1 aromatic heterocycles. The van der Waals surface area contributed by atoms with E-state index >= 15 is 0 Å². The van der Waals surface area contributed by atoms with E-state index in [9.17, 15) is 0 Å². The van der Waals surface area contributed by atoms with Crippen LogP contribution < -0.4 is 5.73 Å². The molecule has 0 aliphatic rings. The topological polar surface area (TPSA) is 52.0 Å². The number of oxazole rings is 1. The third kappa shape index (κ3) is 1.82. The van der Waals surface area contributed by atoms with Crippen LogP contribution >= 0.6 is 0 Å². The summed E-state index contributed by atoms with van der Waals surface area (Å²) >= 11 is 0. The van der Waals surface area contributed by atoms with Crippen molar-refractivity contribution in [3.8, 4) is 0 Å². The van der Waals surface area contributed by atoms with Gasteiger partial charge in [0, 0.05) is 6.42 Å². The van der Waals surface area contributed by atoms with Gasteiger partial charge in [-0.3, -0.25) is 0 Å². The maximum Gasteiger partial charge on any atom is 0.195 e. The largest absolute Gasteiger partial charge is 0.439 e. The summed E-state index contributed by atoms with van der Waals surface area (Å²) in [5, 5.41) is 0. The Morgan fingerprint density at radius 2 is 2.13 bits per heavy atom. The number of nitrogens with two attached hydrogens (primary N) is 1. The molecule has 2 N–H and O–H groups in total. The number of benzene rings is 1. The smallest absolute Gasteiger partial charge is 0.195 e. The number of hydrogen-bond acceptors (Lipinski definition) is 3. The Kier molecular flexibility index (Phi) is 2.62. The summed E-state index contributed by atoms with van der Waals surface area (Å²) in [6, 6.07) is 4.01. The number of nitrogens with zero attached hydrogens (tertiary/aromatic N) is 1. The summed E-state index contributed by atoms with van der Waals surface area (Å²) in [7, 11) is 0. The minimum Gasteiger partial charge on any atom is -0.439 e. The molecular formula is C12H16N2O. The standard InChI is InChI=1S/C12H16N2O/c1-3-5-11-14-10-7-8(4-2)6-9(13)12(10)15-11/h6-7H,3-5,13H2,1-2H3. The lowest BCUT2D eigenvalue weighted by molar-refractivity contribution is 0.526. The van der Waals surface area contributed by atoms with Gasteiger partial charge in [0.2, 0.25) is 0 Å². The van der Waals surface area contributed by atoms with Gasteiger partial charge in [-0.2, -0.15) is 0 Å². The molecule has 2 aromatic rings. The summed E-state index contributed by atoms with van der Waals surface area (Å²) in [6.45, 7) is 4.21. The second-order valence-corrected chi connectivity index (χ2v) is 3.74. The van der Waals surface area contributed by atoms with E-state index in [0.717, 1.165) is 36.3 Å². The minimum absolute atomic E-state index is 0.694. The van der Waals surface area contributed by atoms with Crippen LogP contribution in [-0.2, 0) is 12.8 Å². The Labute approximate surface area is 89.3 Å². The molecule has 1 heterocycles. The lowest BCUT2D eigenvalue weighted by Gasteiger charge is -1.98. The molecule has 2 rings (SSSR count). The van der Waals surface area contributed by atoms with Crippen molar-refractivity contribution < 1.29 is 4.42 Å². The normalized spacial score (nSPS) is 11.1. The first-order chi connectivity index (χ1) is 7.24. The molecule has 0 fully saturated rings. The number of hydrogen-bond donors (Lipinski definition) is 1. The lowest BCUT2D eigenvalue weighted by atomic mass is 10.1. The third-order valence-corrected chi connectivity index (χ3v) is 2.49. The van der Waals surface area contributed by atoms with Crippen molar-refractivity contribution in [3.63, 3.8) is 0 Å². The van der Waals surface area contributed by atoms with Crippen LogP contribution in [-0.4, -0.2) is 4.98 Å².